The molecule has 1 heterocycles. The number of esters is 1. The first-order valence-electron chi connectivity index (χ1n) is 8.49. The largest absolute Gasteiger partial charge is 0.464 e. The minimum Gasteiger partial charge on any atom is -0.464 e. The van der Waals surface area contributed by atoms with E-state index in [1.165, 1.54) is 11.8 Å². The molecule has 5 nitrogen and oxygen atoms in total. The SMILES string of the molecule is CCOC(=O)[C@@H]1C(=O)c2c(ccc3cc4ccccc4cc23)N1C(C)=O. The number of hydrogen-bond acceptors (Lipinski definition) is 4. The van der Waals surface area contributed by atoms with Gasteiger partial charge in [0.2, 0.25) is 5.91 Å². The highest BCUT2D eigenvalue weighted by molar-refractivity contribution is 6.30. The van der Waals surface area contributed by atoms with Gasteiger partial charge in [-0.2, -0.15) is 0 Å². The molecule has 0 bridgehead atoms. The van der Waals surface area contributed by atoms with Crippen molar-refractivity contribution in [2.75, 3.05) is 11.5 Å². The summed E-state index contributed by atoms with van der Waals surface area (Å²) in [5.41, 5.74) is 0.866. The molecule has 26 heavy (non-hydrogen) atoms. The van der Waals surface area contributed by atoms with Crippen LogP contribution in [0.3, 0.4) is 0 Å². The monoisotopic (exact) mass is 347 g/mol. The Morgan fingerprint density at radius 1 is 1.04 bits per heavy atom. The van der Waals surface area contributed by atoms with Crippen LogP contribution in [-0.4, -0.2) is 30.3 Å². The van der Waals surface area contributed by atoms with E-state index >= 15 is 0 Å². The van der Waals surface area contributed by atoms with Crippen molar-refractivity contribution in [3.63, 3.8) is 0 Å². The summed E-state index contributed by atoms with van der Waals surface area (Å²) in [4.78, 5) is 38.9. The molecule has 0 spiro atoms. The molecule has 1 aliphatic rings. The third-order valence-electron chi connectivity index (χ3n) is 4.73. The van der Waals surface area contributed by atoms with E-state index < -0.39 is 17.8 Å². The van der Waals surface area contributed by atoms with Crippen LogP contribution in [-0.2, 0) is 14.3 Å². The Bertz CT molecular complexity index is 1090. The molecule has 0 radical (unpaired) electrons. The Balaban J connectivity index is 1.99. The van der Waals surface area contributed by atoms with E-state index in [0.717, 1.165) is 21.5 Å². The molecular weight excluding hydrogens is 330 g/mol. The highest BCUT2D eigenvalue weighted by Crippen LogP contribution is 2.39. The summed E-state index contributed by atoms with van der Waals surface area (Å²) in [6.45, 7) is 3.17. The number of hydrogen-bond donors (Lipinski definition) is 0. The van der Waals surface area contributed by atoms with E-state index in [-0.39, 0.29) is 12.5 Å². The van der Waals surface area contributed by atoms with Crippen LogP contribution in [0.1, 0.15) is 24.2 Å². The van der Waals surface area contributed by atoms with Gasteiger partial charge in [-0.15, -0.1) is 0 Å². The summed E-state index contributed by atoms with van der Waals surface area (Å²) >= 11 is 0. The van der Waals surface area contributed by atoms with Gasteiger partial charge in [0.05, 0.1) is 17.9 Å². The Hall–Kier alpha value is -3.21. The molecule has 1 atom stereocenters. The second-order valence-electron chi connectivity index (χ2n) is 6.29. The first-order valence-corrected chi connectivity index (χ1v) is 8.49. The standard InChI is InChI=1S/C21H17NO4/c1-3-26-21(25)19-20(24)18-16-11-14-7-5-4-6-13(14)10-15(16)8-9-17(18)22(19)12(2)23/h4-11,19H,3H2,1-2H3/t19-/m0/s1. The lowest BCUT2D eigenvalue weighted by molar-refractivity contribution is -0.144. The molecule has 0 aromatic heterocycles. The molecule has 5 heteroatoms. The van der Waals surface area contributed by atoms with Crippen molar-refractivity contribution >= 4 is 44.9 Å². The van der Waals surface area contributed by atoms with Gasteiger partial charge in [-0.1, -0.05) is 30.3 Å². The van der Waals surface area contributed by atoms with Crippen molar-refractivity contribution in [3.8, 4) is 0 Å². The minimum absolute atomic E-state index is 0.149. The van der Waals surface area contributed by atoms with Crippen molar-refractivity contribution in [1.29, 1.82) is 0 Å². The van der Waals surface area contributed by atoms with Crippen LogP contribution in [0.15, 0.2) is 48.5 Å². The lowest BCUT2D eigenvalue weighted by atomic mass is 9.97. The van der Waals surface area contributed by atoms with Crippen molar-refractivity contribution in [1.82, 2.24) is 0 Å². The summed E-state index contributed by atoms with van der Waals surface area (Å²) in [6.07, 6.45) is 0. The number of Topliss-reactive ketones (excluding diaryl/α,β-unsaturated/α-hetero) is 1. The molecule has 0 N–H and O–H groups in total. The number of carbonyl (C=O) groups excluding carboxylic acids is 3. The van der Waals surface area contributed by atoms with Crippen molar-refractivity contribution < 1.29 is 19.1 Å². The number of ketones is 1. The van der Waals surface area contributed by atoms with Crippen molar-refractivity contribution in [2.45, 2.75) is 19.9 Å². The fourth-order valence-corrected chi connectivity index (χ4v) is 3.64. The summed E-state index contributed by atoms with van der Waals surface area (Å²) < 4.78 is 5.04. The predicted molar refractivity (Wildman–Crippen MR) is 99.4 cm³/mol. The minimum atomic E-state index is -1.25. The van der Waals surface area contributed by atoms with Crippen LogP contribution in [0.5, 0.6) is 0 Å². The normalized spacial score (nSPS) is 16.2. The Labute approximate surface area is 150 Å². The second-order valence-corrected chi connectivity index (χ2v) is 6.29. The number of nitrogens with zero attached hydrogens (tertiary/aromatic N) is 1. The molecule has 0 unspecified atom stereocenters. The topological polar surface area (TPSA) is 63.7 Å². The van der Waals surface area contributed by atoms with E-state index in [1.807, 2.05) is 42.5 Å². The number of rotatable bonds is 2. The van der Waals surface area contributed by atoms with Gasteiger partial charge in [0.25, 0.3) is 0 Å². The van der Waals surface area contributed by atoms with Gasteiger partial charge in [-0.3, -0.25) is 14.5 Å². The molecule has 3 aromatic rings. The third-order valence-corrected chi connectivity index (χ3v) is 4.73. The zero-order chi connectivity index (χ0) is 18.4. The average Bonchev–Trinajstić information content (AvgIpc) is 2.93. The van der Waals surface area contributed by atoms with Crippen LogP contribution in [0, 0.1) is 0 Å². The van der Waals surface area contributed by atoms with Crippen LogP contribution in [0.4, 0.5) is 5.69 Å². The van der Waals surface area contributed by atoms with Gasteiger partial charge < -0.3 is 4.74 Å². The maximum atomic E-state index is 13.1. The zero-order valence-electron chi connectivity index (χ0n) is 14.5. The maximum absolute atomic E-state index is 13.1. The molecular formula is C21H17NO4. The zero-order valence-corrected chi connectivity index (χ0v) is 14.5. The Morgan fingerprint density at radius 2 is 1.73 bits per heavy atom. The van der Waals surface area contributed by atoms with E-state index in [1.54, 1.807) is 13.0 Å². The molecule has 130 valence electrons. The molecule has 0 fully saturated rings. The molecule has 1 amide bonds. The van der Waals surface area contributed by atoms with Gasteiger partial charge in [0.1, 0.15) is 0 Å². The second kappa shape index (κ2) is 5.95. The summed E-state index contributed by atoms with van der Waals surface area (Å²) in [6, 6.07) is 14.2. The fraction of sp³-hybridized carbons (Fsp3) is 0.190. The number of anilines is 1. The smallest absolute Gasteiger partial charge is 0.337 e. The lowest BCUT2D eigenvalue weighted by Gasteiger charge is -2.21. The average molecular weight is 347 g/mol. The Kier molecular flexibility index (Phi) is 3.72. The first-order chi connectivity index (χ1) is 12.5. The van der Waals surface area contributed by atoms with Gasteiger partial charge in [-0.05, 0) is 46.7 Å². The first kappa shape index (κ1) is 16.3. The maximum Gasteiger partial charge on any atom is 0.337 e. The molecule has 4 rings (SSSR count). The fourth-order valence-electron chi connectivity index (χ4n) is 3.64. The van der Waals surface area contributed by atoms with E-state index in [0.29, 0.717) is 11.3 Å². The van der Waals surface area contributed by atoms with Gasteiger partial charge in [0.15, 0.2) is 11.8 Å². The highest BCUT2D eigenvalue weighted by Gasteiger charge is 2.45. The lowest BCUT2D eigenvalue weighted by Crippen LogP contribution is -2.45. The molecule has 0 saturated heterocycles. The van der Waals surface area contributed by atoms with Crippen LogP contribution in [0.2, 0.25) is 0 Å². The van der Waals surface area contributed by atoms with E-state index in [4.69, 9.17) is 4.74 Å². The number of benzene rings is 3. The Morgan fingerprint density at radius 3 is 2.38 bits per heavy atom. The van der Waals surface area contributed by atoms with Crippen LogP contribution < -0.4 is 4.90 Å². The number of ether oxygens (including phenoxy) is 1. The highest BCUT2D eigenvalue weighted by atomic mass is 16.5. The summed E-state index contributed by atoms with van der Waals surface area (Å²) in [5, 5.41) is 3.69. The number of carbonyl (C=O) groups is 3. The van der Waals surface area contributed by atoms with Gasteiger partial charge >= 0.3 is 5.97 Å². The van der Waals surface area contributed by atoms with Crippen molar-refractivity contribution in [2.24, 2.45) is 0 Å². The summed E-state index contributed by atoms with van der Waals surface area (Å²) in [7, 11) is 0. The molecule has 3 aromatic carbocycles. The summed E-state index contributed by atoms with van der Waals surface area (Å²) in [5.74, 6) is -1.46. The third kappa shape index (κ3) is 2.28. The quantitative estimate of drug-likeness (QED) is 0.404. The predicted octanol–water partition coefficient (Wildman–Crippen LogP) is 3.47. The van der Waals surface area contributed by atoms with Gasteiger partial charge in [0, 0.05) is 6.92 Å². The van der Waals surface area contributed by atoms with E-state index in [2.05, 4.69) is 0 Å². The van der Waals surface area contributed by atoms with Crippen LogP contribution >= 0.6 is 0 Å². The molecule has 0 aliphatic carbocycles. The molecule has 0 saturated carbocycles. The van der Waals surface area contributed by atoms with Crippen molar-refractivity contribution in [3.05, 3.63) is 54.1 Å². The number of fused-ring (bicyclic) bond motifs is 4. The molecule has 1 aliphatic heterocycles. The number of amides is 1. The van der Waals surface area contributed by atoms with Gasteiger partial charge in [-0.25, -0.2) is 4.79 Å². The van der Waals surface area contributed by atoms with E-state index in [9.17, 15) is 14.4 Å². The van der Waals surface area contributed by atoms with Crippen LogP contribution in [0.25, 0.3) is 21.5 Å².